The van der Waals surface area contributed by atoms with Gasteiger partial charge in [0.1, 0.15) is 5.82 Å². The highest BCUT2D eigenvalue weighted by atomic mass is 79.9. The third-order valence-corrected chi connectivity index (χ3v) is 5.26. The van der Waals surface area contributed by atoms with Crippen LogP contribution in [0.3, 0.4) is 0 Å². The first-order valence-corrected chi connectivity index (χ1v) is 10.4. The van der Waals surface area contributed by atoms with Gasteiger partial charge in [-0.3, -0.25) is 9.69 Å². The number of carbonyl (C=O) groups is 2. The Bertz CT molecular complexity index is 847. The first-order chi connectivity index (χ1) is 14.0. The molecule has 0 saturated carbocycles. The number of rotatable bonds is 6. The zero-order chi connectivity index (χ0) is 20.6. The van der Waals surface area contributed by atoms with Crippen molar-refractivity contribution in [3.8, 4) is 0 Å². The van der Waals surface area contributed by atoms with Crippen LogP contribution in [-0.4, -0.2) is 43.0 Å². The highest BCUT2D eigenvalue weighted by Crippen LogP contribution is 2.17. The van der Waals surface area contributed by atoms with Gasteiger partial charge in [-0.1, -0.05) is 22.0 Å². The second kappa shape index (κ2) is 10.4. The number of nitrogens with one attached hydrogen (secondary N) is 3. The Morgan fingerprint density at radius 3 is 2.66 bits per heavy atom. The predicted molar refractivity (Wildman–Crippen MR) is 115 cm³/mol. The van der Waals surface area contributed by atoms with Crippen LogP contribution in [0.2, 0.25) is 0 Å². The van der Waals surface area contributed by atoms with Crippen molar-refractivity contribution in [3.63, 3.8) is 0 Å². The average molecular weight is 463 g/mol. The molecule has 3 rings (SSSR count). The smallest absolute Gasteiger partial charge is 0.319 e. The lowest BCUT2D eigenvalue weighted by Crippen LogP contribution is -2.44. The van der Waals surface area contributed by atoms with Crippen LogP contribution in [0.1, 0.15) is 12.8 Å². The van der Waals surface area contributed by atoms with Crippen LogP contribution < -0.4 is 16.0 Å². The summed E-state index contributed by atoms with van der Waals surface area (Å²) in [6.07, 6.45) is 1.97. The van der Waals surface area contributed by atoms with Crippen LogP contribution >= 0.6 is 15.9 Å². The maximum Gasteiger partial charge on any atom is 0.319 e. The number of urea groups is 1. The third-order valence-electron chi connectivity index (χ3n) is 4.73. The Balaban J connectivity index is 1.41. The van der Waals surface area contributed by atoms with Gasteiger partial charge in [-0.25, -0.2) is 9.18 Å². The number of nitrogens with zero attached hydrogens (tertiary/aromatic N) is 1. The molecule has 154 valence electrons. The Hall–Kier alpha value is -2.45. The van der Waals surface area contributed by atoms with Gasteiger partial charge < -0.3 is 16.0 Å². The molecule has 0 radical (unpaired) electrons. The topological polar surface area (TPSA) is 73.5 Å². The van der Waals surface area contributed by atoms with Crippen LogP contribution in [0, 0.1) is 11.7 Å². The van der Waals surface area contributed by atoms with Crippen molar-refractivity contribution in [3.05, 3.63) is 58.8 Å². The van der Waals surface area contributed by atoms with Gasteiger partial charge in [-0.2, -0.15) is 0 Å². The molecule has 0 spiro atoms. The van der Waals surface area contributed by atoms with E-state index < -0.39 is 5.82 Å². The van der Waals surface area contributed by atoms with Crippen LogP contribution in [0.5, 0.6) is 0 Å². The molecule has 1 fully saturated rings. The van der Waals surface area contributed by atoms with Crippen molar-refractivity contribution in [2.75, 3.05) is 36.8 Å². The molecule has 1 aliphatic heterocycles. The third kappa shape index (κ3) is 7.14. The summed E-state index contributed by atoms with van der Waals surface area (Å²) in [5.41, 5.74) is 1.18. The second-order valence-electron chi connectivity index (χ2n) is 7.14. The SMILES string of the molecule is O=C(CN1CCCC(CNC(=O)Nc2cccc(F)c2)C1)Nc1ccc(Br)cc1. The molecule has 8 heteroatoms. The van der Waals surface area contributed by atoms with Crippen molar-refractivity contribution in [1.82, 2.24) is 10.2 Å². The fourth-order valence-corrected chi connectivity index (χ4v) is 3.64. The van der Waals surface area contributed by atoms with Crippen molar-refractivity contribution in [1.29, 1.82) is 0 Å². The predicted octanol–water partition coefficient (Wildman–Crippen LogP) is 4.06. The normalized spacial score (nSPS) is 16.8. The van der Waals surface area contributed by atoms with Gasteiger partial charge in [-0.15, -0.1) is 0 Å². The molecule has 1 saturated heterocycles. The summed E-state index contributed by atoms with van der Waals surface area (Å²) in [6, 6.07) is 12.9. The van der Waals surface area contributed by atoms with Crippen molar-refractivity contribution in [2.45, 2.75) is 12.8 Å². The van der Waals surface area contributed by atoms with E-state index in [4.69, 9.17) is 0 Å². The maximum atomic E-state index is 13.2. The van der Waals surface area contributed by atoms with E-state index in [9.17, 15) is 14.0 Å². The fourth-order valence-electron chi connectivity index (χ4n) is 3.38. The number of benzene rings is 2. The molecule has 0 aliphatic carbocycles. The number of hydrogen-bond acceptors (Lipinski definition) is 3. The average Bonchev–Trinajstić information content (AvgIpc) is 2.68. The molecule has 2 aromatic rings. The van der Waals surface area contributed by atoms with Crippen molar-refractivity contribution < 1.29 is 14.0 Å². The van der Waals surface area contributed by atoms with Gasteiger partial charge in [0.25, 0.3) is 0 Å². The molecule has 1 heterocycles. The summed E-state index contributed by atoms with van der Waals surface area (Å²) in [4.78, 5) is 26.4. The quantitative estimate of drug-likeness (QED) is 0.605. The Morgan fingerprint density at radius 1 is 1.10 bits per heavy atom. The minimum atomic E-state index is -0.396. The largest absolute Gasteiger partial charge is 0.338 e. The summed E-state index contributed by atoms with van der Waals surface area (Å²) in [6.45, 7) is 2.43. The summed E-state index contributed by atoms with van der Waals surface area (Å²) in [5, 5.41) is 8.36. The first-order valence-electron chi connectivity index (χ1n) is 9.56. The summed E-state index contributed by atoms with van der Waals surface area (Å²) in [5.74, 6) is -0.181. The highest BCUT2D eigenvalue weighted by molar-refractivity contribution is 9.10. The number of halogens is 2. The van der Waals surface area contributed by atoms with E-state index in [2.05, 4.69) is 36.8 Å². The molecule has 0 bridgehead atoms. The lowest BCUT2D eigenvalue weighted by atomic mass is 9.98. The highest BCUT2D eigenvalue weighted by Gasteiger charge is 2.22. The zero-order valence-electron chi connectivity index (χ0n) is 16.0. The minimum Gasteiger partial charge on any atom is -0.338 e. The lowest BCUT2D eigenvalue weighted by Gasteiger charge is -2.32. The van der Waals surface area contributed by atoms with Crippen LogP contribution in [0.25, 0.3) is 0 Å². The van der Waals surface area contributed by atoms with Crippen molar-refractivity contribution in [2.24, 2.45) is 5.92 Å². The second-order valence-corrected chi connectivity index (χ2v) is 8.06. The van der Waals surface area contributed by atoms with E-state index in [1.165, 1.54) is 12.1 Å². The lowest BCUT2D eigenvalue weighted by molar-refractivity contribution is -0.117. The minimum absolute atomic E-state index is 0.0511. The van der Waals surface area contributed by atoms with Gasteiger partial charge in [0.05, 0.1) is 6.54 Å². The van der Waals surface area contributed by atoms with Crippen LogP contribution in [0.15, 0.2) is 53.0 Å². The molecule has 2 aromatic carbocycles. The Kier molecular flexibility index (Phi) is 7.60. The van der Waals surface area contributed by atoms with E-state index in [1.54, 1.807) is 12.1 Å². The fraction of sp³-hybridized carbons (Fsp3) is 0.333. The zero-order valence-corrected chi connectivity index (χ0v) is 17.5. The van der Waals surface area contributed by atoms with Gasteiger partial charge in [0.15, 0.2) is 0 Å². The molecular weight excluding hydrogens is 439 g/mol. The van der Waals surface area contributed by atoms with Gasteiger partial charge in [0, 0.05) is 28.9 Å². The van der Waals surface area contributed by atoms with E-state index in [0.29, 0.717) is 18.8 Å². The molecular formula is C21H24BrFN4O2. The standard InChI is InChI=1S/C21H24BrFN4O2/c22-16-6-8-18(9-7-16)25-20(28)14-27-10-2-3-15(13-27)12-24-21(29)26-19-5-1-4-17(23)11-19/h1,4-9,11,15H,2-3,10,12-14H2,(H,25,28)(H2,24,26,29). The van der Waals surface area contributed by atoms with Crippen LogP contribution in [-0.2, 0) is 4.79 Å². The summed E-state index contributed by atoms with van der Waals surface area (Å²) < 4.78 is 14.1. The van der Waals surface area contributed by atoms with E-state index in [1.807, 2.05) is 24.3 Å². The molecule has 0 aromatic heterocycles. The van der Waals surface area contributed by atoms with E-state index >= 15 is 0 Å². The molecule has 1 aliphatic rings. The molecule has 3 N–H and O–H groups in total. The summed E-state index contributed by atoms with van der Waals surface area (Å²) in [7, 11) is 0. The molecule has 3 amide bonds. The molecule has 1 unspecified atom stereocenters. The van der Waals surface area contributed by atoms with Gasteiger partial charge in [-0.05, 0) is 67.8 Å². The number of piperidine rings is 1. The molecule has 6 nitrogen and oxygen atoms in total. The summed E-state index contributed by atoms with van der Waals surface area (Å²) >= 11 is 3.37. The van der Waals surface area contributed by atoms with E-state index in [0.717, 1.165) is 36.1 Å². The van der Waals surface area contributed by atoms with Gasteiger partial charge >= 0.3 is 6.03 Å². The molecule has 29 heavy (non-hydrogen) atoms. The number of amides is 3. The molecule has 1 atom stereocenters. The number of anilines is 2. The number of carbonyl (C=O) groups excluding carboxylic acids is 2. The maximum absolute atomic E-state index is 13.2. The van der Waals surface area contributed by atoms with E-state index in [-0.39, 0.29) is 17.9 Å². The Labute approximate surface area is 178 Å². The van der Waals surface area contributed by atoms with Crippen LogP contribution in [0.4, 0.5) is 20.6 Å². The van der Waals surface area contributed by atoms with Gasteiger partial charge in [0.2, 0.25) is 5.91 Å². The first kappa shape index (κ1) is 21.3. The number of likely N-dealkylation sites (tertiary alicyclic amines) is 1. The monoisotopic (exact) mass is 462 g/mol. The Morgan fingerprint density at radius 2 is 1.90 bits per heavy atom. The number of hydrogen-bond donors (Lipinski definition) is 3. The van der Waals surface area contributed by atoms with Crippen molar-refractivity contribution >= 4 is 39.2 Å².